The molecule has 0 aromatic heterocycles. The van der Waals surface area contributed by atoms with Crippen LogP contribution in [0.5, 0.6) is 0 Å². The highest BCUT2D eigenvalue weighted by Crippen LogP contribution is 2.15. The number of hydrogen-bond donors (Lipinski definition) is 1. The molecule has 1 rings (SSSR count). The van der Waals surface area contributed by atoms with Crippen LogP contribution in [0.1, 0.15) is 40.0 Å². The normalized spacial score (nSPS) is 26.1. The molecular weight excluding hydrogens is 226 g/mol. The summed E-state index contributed by atoms with van der Waals surface area (Å²) in [7, 11) is 4.10. The predicted molar refractivity (Wildman–Crippen MR) is 75.6 cm³/mol. The van der Waals surface area contributed by atoms with Gasteiger partial charge in [0.2, 0.25) is 5.91 Å². The minimum absolute atomic E-state index is 0.0262. The zero-order chi connectivity index (χ0) is 13.7. The van der Waals surface area contributed by atoms with Crippen molar-refractivity contribution in [1.29, 1.82) is 0 Å². The van der Waals surface area contributed by atoms with E-state index in [2.05, 4.69) is 45.1 Å². The maximum atomic E-state index is 12.5. The van der Waals surface area contributed by atoms with Crippen LogP contribution in [0.25, 0.3) is 0 Å². The van der Waals surface area contributed by atoms with Crippen LogP contribution >= 0.6 is 0 Å². The van der Waals surface area contributed by atoms with Crippen LogP contribution in [0, 0.1) is 0 Å². The van der Waals surface area contributed by atoms with Crippen LogP contribution in [0.4, 0.5) is 0 Å². The quantitative estimate of drug-likeness (QED) is 0.805. The number of piperidine rings is 1. The lowest BCUT2D eigenvalue weighted by Crippen LogP contribution is -2.54. The van der Waals surface area contributed by atoms with Gasteiger partial charge in [-0.3, -0.25) is 4.79 Å². The van der Waals surface area contributed by atoms with Gasteiger partial charge in [-0.25, -0.2) is 0 Å². The van der Waals surface area contributed by atoms with Gasteiger partial charge in [0.05, 0.1) is 6.04 Å². The van der Waals surface area contributed by atoms with Gasteiger partial charge < -0.3 is 15.1 Å². The van der Waals surface area contributed by atoms with Crippen molar-refractivity contribution in [2.75, 3.05) is 27.2 Å². The zero-order valence-corrected chi connectivity index (χ0v) is 12.6. The fourth-order valence-electron chi connectivity index (χ4n) is 2.84. The van der Waals surface area contributed by atoms with E-state index in [0.717, 1.165) is 25.9 Å². The minimum Gasteiger partial charge on any atom is -0.338 e. The Bertz CT molecular complexity index is 268. The molecule has 0 spiro atoms. The van der Waals surface area contributed by atoms with Crippen molar-refractivity contribution in [3.8, 4) is 0 Å². The van der Waals surface area contributed by atoms with Crippen molar-refractivity contribution in [3.05, 3.63) is 0 Å². The number of carbonyl (C=O) groups is 1. The molecule has 0 aromatic carbocycles. The van der Waals surface area contributed by atoms with Crippen molar-refractivity contribution < 1.29 is 4.79 Å². The largest absolute Gasteiger partial charge is 0.338 e. The molecule has 0 bridgehead atoms. The smallest absolute Gasteiger partial charge is 0.239 e. The second kappa shape index (κ2) is 7.10. The zero-order valence-electron chi connectivity index (χ0n) is 12.6. The number of carbonyl (C=O) groups excluding carboxylic acids is 1. The molecule has 3 atom stereocenters. The van der Waals surface area contributed by atoms with Crippen molar-refractivity contribution >= 4 is 5.91 Å². The van der Waals surface area contributed by atoms with Gasteiger partial charge in [0, 0.05) is 25.2 Å². The third kappa shape index (κ3) is 4.25. The van der Waals surface area contributed by atoms with Gasteiger partial charge in [-0.05, 0) is 54.1 Å². The molecule has 4 heteroatoms. The summed E-state index contributed by atoms with van der Waals surface area (Å²) in [6, 6.07) is 0.769. The maximum Gasteiger partial charge on any atom is 0.239 e. The van der Waals surface area contributed by atoms with E-state index < -0.39 is 0 Å². The Morgan fingerprint density at radius 2 is 2.06 bits per heavy atom. The molecule has 0 aromatic rings. The first-order valence-corrected chi connectivity index (χ1v) is 7.17. The average molecular weight is 255 g/mol. The lowest BCUT2D eigenvalue weighted by molar-refractivity contribution is -0.136. The average Bonchev–Trinajstić information content (AvgIpc) is 2.28. The maximum absolute atomic E-state index is 12.5. The summed E-state index contributed by atoms with van der Waals surface area (Å²) in [5.74, 6) is 0.276. The first-order chi connectivity index (χ1) is 8.45. The van der Waals surface area contributed by atoms with Gasteiger partial charge in [0.15, 0.2) is 0 Å². The summed E-state index contributed by atoms with van der Waals surface area (Å²) in [5, 5.41) is 3.43. The Kier molecular flexibility index (Phi) is 6.09. The monoisotopic (exact) mass is 255 g/mol. The molecule has 106 valence electrons. The van der Waals surface area contributed by atoms with E-state index in [1.807, 2.05) is 4.90 Å². The molecule has 3 unspecified atom stereocenters. The first kappa shape index (κ1) is 15.4. The molecule has 1 N–H and O–H groups in total. The molecule has 1 amide bonds. The van der Waals surface area contributed by atoms with Crippen molar-refractivity contribution in [1.82, 2.24) is 15.1 Å². The van der Waals surface area contributed by atoms with Crippen molar-refractivity contribution in [3.63, 3.8) is 0 Å². The van der Waals surface area contributed by atoms with Gasteiger partial charge >= 0.3 is 0 Å². The molecule has 1 aliphatic heterocycles. The Morgan fingerprint density at radius 3 is 2.56 bits per heavy atom. The number of nitrogens with zero attached hydrogens (tertiary/aromatic N) is 2. The number of amides is 1. The number of hydrogen-bond acceptors (Lipinski definition) is 3. The highest BCUT2D eigenvalue weighted by molar-refractivity contribution is 5.82. The molecule has 18 heavy (non-hydrogen) atoms. The van der Waals surface area contributed by atoms with Crippen molar-refractivity contribution in [2.24, 2.45) is 0 Å². The topological polar surface area (TPSA) is 35.6 Å². The summed E-state index contributed by atoms with van der Waals surface area (Å²) < 4.78 is 0. The highest BCUT2D eigenvalue weighted by Gasteiger charge is 2.29. The number of likely N-dealkylation sites (N-methyl/N-ethyl adjacent to an activating group) is 2. The Labute approximate surface area is 112 Å². The Hall–Kier alpha value is -0.610. The third-order valence-corrected chi connectivity index (χ3v) is 3.70. The molecule has 0 saturated carbocycles. The van der Waals surface area contributed by atoms with Crippen molar-refractivity contribution in [2.45, 2.75) is 58.2 Å². The van der Waals surface area contributed by atoms with Crippen LogP contribution in [0.2, 0.25) is 0 Å². The highest BCUT2D eigenvalue weighted by atomic mass is 16.2. The second-order valence-corrected chi connectivity index (χ2v) is 5.79. The molecule has 4 nitrogen and oxygen atoms in total. The second-order valence-electron chi connectivity index (χ2n) is 5.79. The molecule has 0 radical (unpaired) electrons. The van der Waals surface area contributed by atoms with E-state index in [4.69, 9.17) is 0 Å². The summed E-state index contributed by atoms with van der Waals surface area (Å²) in [6.07, 6.45) is 3.32. The van der Waals surface area contributed by atoms with E-state index in [1.54, 1.807) is 0 Å². The van der Waals surface area contributed by atoms with E-state index in [1.165, 1.54) is 6.42 Å². The summed E-state index contributed by atoms with van der Waals surface area (Å²) in [5.41, 5.74) is 0. The van der Waals surface area contributed by atoms with Gasteiger partial charge in [-0.15, -0.1) is 0 Å². The molecule has 1 fully saturated rings. The predicted octanol–water partition coefficient (Wildman–Crippen LogP) is 1.32. The summed E-state index contributed by atoms with van der Waals surface area (Å²) >= 11 is 0. The standard InChI is InChI=1S/C14H29N3O/c1-6-17(12(3)10-16(4)5)14(18)13-9-7-8-11(2)15-13/h11-13,15H,6-10H2,1-5H3. The number of rotatable bonds is 5. The Morgan fingerprint density at radius 1 is 1.39 bits per heavy atom. The summed E-state index contributed by atoms with van der Waals surface area (Å²) in [4.78, 5) is 16.7. The van der Waals surface area contributed by atoms with E-state index in [-0.39, 0.29) is 18.0 Å². The number of nitrogens with one attached hydrogen (secondary N) is 1. The van der Waals surface area contributed by atoms with Crippen LogP contribution < -0.4 is 5.32 Å². The molecule has 1 aliphatic rings. The van der Waals surface area contributed by atoms with Gasteiger partial charge in [-0.1, -0.05) is 0 Å². The van der Waals surface area contributed by atoms with E-state index in [9.17, 15) is 4.79 Å². The van der Waals surface area contributed by atoms with E-state index in [0.29, 0.717) is 6.04 Å². The third-order valence-electron chi connectivity index (χ3n) is 3.70. The van der Waals surface area contributed by atoms with E-state index >= 15 is 0 Å². The lowest BCUT2D eigenvalue weighted by atomic mass is 9.98. The molecular formula is C14H29N3O. The molecule has 0 aliphatic carbocycles. The van der Waals surface area contributed by atoms with Crippen LogP contribution in [0.3, 0.4) is 0 Å². The fraction of sp³-hybridized carbons (Fsp3) is 0.929. The van der Waals surface area contributed by atoms with Gasteiger partial charge in [-0.2, -0.15) is 0 Å². The fourth-order valence-corrected chi connectivity index (χ4v) is 2.84. The minimum atomic E-state index is 0.0262. The van der Waals surface area contributed by atoms with Crippen LogP contribution in [0.15, 0.2) is 0 Å². The van der Waals surface area contributed by atoms with Gasteiger partial charge in [0.1, 0.15) is 0 Å². The summed E-state index contributed by atoms with van der Waals surface area (Å²) in [6.45, 7) is 8.07. The first-order valence-electron chi connectivity index (χ1n) is 7.17. The lowest BCUT2D eigenvalue weighted by Gasteiger charge is -2.36. The Balaban J connectivity index is 2.60. The van der Waals surface area contributed by atoms with Gasteiger partial charge in [0.25, 0.3) is 0 Å². The molecule has 1 saturated heterocycles. The molecule has 1 heterocycles. The SMILES string of the molecule is CCN(C(=O)C1CCCC(C)N1)C(C)CN(C)C. The van der Waals surface area contributed by atoms with Crippen LogP contribution in [-0.2, 0) is 4.79 Å². The van der Waals surface area contributed by atoms with Crippen LogP contribution in [-0.4, -0.2) is 61.0 Å².